The first-order chi connectivity index (χ1) is 13.0. The zero-order chi connectivity index (χ0) is 19.0. The minimum absolute atomic E-state index is 0.0110. The minimum Gasteiger partial charge on any atom is -0.370 e. The molecule has 1 atom stereocenters. The van der Waals surface area contributed by atoms with Crippen LogP contribution in [-0.4, -0.2) is 56.5 Å². The summed E-state index contributed by atoms with van der Waals surface area (Å²) in [6, 6.07) is 3.84. The molecule has 144 valence electrons. The molecule has 2 fully saturated rings. The van der Waals surface area contributed by atoms with Gasteiger partial charge < -0.3 is 9.80 Å². The van der Waals surface area contributed by atoms with Crippen molar-refractivity contribution in [2.75, 3.05) is 31.1 Å². The summed E-state index contributed by atoms with van der Waals surface area (Å²) in [6.07, 6.45) is 4.87. The highest BCUT2D eigenvalue weighted by atomic mass is 16.2. The van der Waals surface area contributed by atoms with Gasteiger partial charge in [-0.25, -0.2) is 4.68 Å². The standard InChI is InChI=1S/C19H26N6O2/c1-14-9-15(2)25(21-14)16-5-8-23(12-16)19(27)13-24-18(26)10-17(11-20-24)22-6-3-4-7-22/h9-11,16H,3-8,12-13H2,1-2H3. The number of aromatic nitrogens is 4. The average molecular weight is 370 g/mol. The number of hydrogen-bond acceptors (Lipinski definition) is 5. The summed E-state index contributed by atoms with van der Waals surface area (Å²) in [5, 5.41) is 8.76. The molecule has 2 saturated heterocycles. The third kappa shape index (κ3) is 3.61. The summed E-state index contributed by atoms with van der Waals surface area (Å²) in [4.78, 5) is 29.0. The lowest BCUT2D eigenvalue weighted by Crippen LogP contribution is -2.36. The van der Waals surface area contributed by atoms with Crippen molar-refractivity contribution in [3.8, 4) is 0 Å². The van der Waals surface area contributed by atoms with Crippen LogP contribution in [0.1, 0.15) is 36.7 Å². The van der Waals surface area contributed by atoms with Crippen molar-refractivity contribution in [1.29, 1.82) is 0 Å². The maximum absolute atomic E-state index is 12.7. The lowest BCUT2D eigenvalue weighted by Gasteiger charge is -2.19. The minimum atomic E-state index is -0.220. The summed E-state index contributed by atoms with van der Waals surface area (Å²) in [6.45, 7) is 7.24. The third-order valence-corrected chi connectivity index (χ3v) is 5.52. The van der Waals surface area contributed by atoms with Gasteiger partial charge in [-0.3, -0.25) is 14.3 Å². The van der Waals surface area contributed by atoms with Crippen molar-refractivity contribution in [2.24, 2.45) is 0 Å². The third-order valence-electron chi connectivity index (χ3n) is 5.52. The molecule has 8 heteroatoms. The van der Waals surface area contributed by atoms with Gasteiger partial charge in [-0.1, -0.05) is 0 Å². The summed E-state index contributed by atoms with van der Waals surface area (Å²) < 4.78 is 3.27. The molecule has 0 aromatic carbocycles. The van der Waals surface area contributed by atoms with Gasteiger partial charge in [0.15, 0.2) is 0 Å². The van der Waals surface area contributed by atoms with E-state index in [2.05, 4.69) is 21.2 Å². The Morgan fingerprint density at radius 2 is 1.96 bits per heavy atom. The highest BCUT2D eigenvalue weighted by Gasteiger charge is 2.29. The van der Waals surface area contributed by atoms with E-state index in [1.54, 1.807) is 12.3 Å². The van der Waals surface area contributed by atoms with Gasteiger partial charge in [0, 0.05) is 37.9 Å². The highest BCUT2D eigenvalue weighted by molar-refractivity contribution is 5.76. The van der Waals surface area contributed by atoms with E-state index in [9.17, 15) is 9.59 Å². The van der Waals surface area contributed by atoms with Crippen molar-refractivity contribution in [2.45, 2.75) is 45.7 Å². The number of carbonyl (C=O) groups excluding carboxylic acids is 1. The van der Waals surface area contributed by atoms with E-state index in [0.29, 0.717) is 13.1 Å². The molecule has 2 aromatic rings. The number of carbonyl (C=O) groups is 1. The Balaban J connectivity index is 1.41. The zero-order valence-electron chi connectivity index (χ0n) is 16.0. The number of hydrogen-bond donors (Lipinski definition) is 0. The van der Waals surface area contributed by atoms with Crippen molar-refractivity contribution >= 4 is 11.6 Å². The Labute approximate surface area is 158 Å². The van der Waals surface area contributed by atoms with Gasteiger partial charge in [0.25, 0.3) is 5.56 Å². The molecule has 0 radical (unpaired) electrons. The van der Waals surface area contributed by atoms with Crippen LogP contribution in [0.25, 0.3) is 0 Å². The number of likely N-dealkylation sites (tertiary alicyclic amines) is 1. The molecule has 27 heavy (non-hydrogen) atoms. The van der Waals surface area contributed by atoms with E-state index in [-0.39, 0.29) is 24.1 Å². The number of nitrogens with zero attached hydrogens (tertiary/aromatic N) is 6. The van der Waals surface area contributed by atoms with E-state index in [4.69, 9.17) is 0 Å². The van der Waals surface area contributed by atoms with E-state index in [0.717, 1.165) is 49.4 Å². The van der Waals surface area contributed by atoms with Gasteiger partial charge in [0.05, 0.1) is 23.6 Å². The summed E-state index contributed by atoms with van der Waals surface area (Å²) >= 11 is 0. The first-order valence-corrected chi connectivity index (χ1v) is 9.64. The van der Waals surface area contributed by atoms with Crippen molar-refractivity contribution in [1.82, 2.24) is 24.5 Å². The second-order valence-electron chi connectivity index (χ2n) is 7.56. The summed E-state index contributed by atoms with van der Waals surface area (Å²) in [7, 11) is 0. The average Bonchev–Trinajstić information content (AvgIpc) is 3.37. The van der Waals surface area contributed by atoms with Crippen LogP contribution in [0.15, 0.2) is 23.1 Å². The normalized spacial score (nSPS) is 19.9. The fraction of sp³-hybridized carbons (Fsp3) is 0.579. The van der Waals surface area contributed by atoms with Crippen molar-refractivity contribution in [3.63, 3.8) is 0 Å². The van der Waals surface area contributed by atoms with Crippen LogP contribution in [0.3, 0.4) is 0 Å². The van der Waals surface area contributed by atoms with Crippen molar-refractivity contribution < 1.29 is 4.79 Å². The topological polar surface area (TPSA) is 76.3 Å². The lowest BCUT2D eigenvalue weighted by molar-refractivity contribution is -0.131. The molecule has 2 aliphatic rings. The molecule has 0 spiro atoms. The number of anilines is 1. The number of amides is 1. The Bertz CT molecular complexity index is 896. The Hall–Kier alpha value is -2.64. The molecule has 0 N–H and O–H groups in total. The molecule has 0 bridgehead atoms. The van der Waals surface area contributed by atoms with Crippen LogP contribution in [0.5, 0.6) is 0 Å². The van der Waals surface area contributed by atoms with E-state index < -0.39 is 0 Å². The molecule has 2 aromatic heterocycles. The van der Waals surface area contributed by atoms with Gasteiger partial charge >= 0.3 is 0 Å². The molecule has 1 amide bonds. The van der Waals surface area contributed by atoms with Gasteiger partial charge in [-0.2, -0.15) is 10.2 Å². The molecule has 0 saturated carbocycles. The predicted molar refractivity (Wildman–Crippen MR) is 102 cm³/mol. The Kier molecular flexibility index (Phi) is 4.72. The molecule has 0 aliphatic carbocycles. The molecular weight excluding hydrogens is 344 g/mol. The van der Waals surface area contributed by atoms with Crippen molar-refractivity contribution in [3.05, 3.63) is 40.1 Å². The Morgan fingerprint density at radius 3 is 2.63 bits per heavy atom. The molecule has 1 unspecified atom stereocenters. The number of aryl methyl sites for hydroxylation is 2. The molecule has 4 heterocycles. The first-order valence-electron chi connectivity index (χ1n) is 9.64. The van der Waals surface area contributed by atoms with Crippen LogP contribution in [-0.2, 0) is 11.3 Å². The predicted octanol–water partition coefficient (Wildman–Crippen LogP) is 1.13. The smallest absolute Gasteiger partial charge is 0.269 e. The van der Waals surface area contributed by atoms with Crippen LogP contribution in [0.2, 0.25) is 0 Å². The van der Waals surface area contributed by atoms with Crippen LogP contribution in [0.4, 0.5) is 5.69 Å². The van der Waals surface area contributed by atoms with Gasteiger partial charge in [0.2, 0.25) is 5.91 Å². The monoisotopic (exact) mass is 370 g/mol. The fourth-order valence-corrected chi connectivity index (χ4v) is 4.10. The SMILES string of the molecule is Cc1cc(C)n(C2CCN(C(=O)Cn3ncc(N4CCCC4)cc3=O)C2)n1. The maximum atomic E-state index is 12.7. The second kappa shape index (κ2) is 7.17. The summed E-state index contributed by atoms with van der Waals surface area (Å²) in [5.74, 6) is -0.0671. The van der Waals surface area contributed by atoms with E-state index in [1.165, 1.54) is 4.68 Å². The maximum Gasteiger partial charge on any atom is 0.269 e. The number of rotatable bonds is 4. The lowest BCUT2D eigenvalue weighted by atomic mass is 10.2. The van der Waals surface area contributed by atoms with E-state index >= 15 is 0 Å². The van der Waals surface area contributed by atoms with Crippen LogP contribution in [0, 0.1) is 13.8 Å². The fourth-order valence-electron chi connectivity index (χ4n) is 4.10. The van der Waals surface area contributed by atoms with Gasteiger partial charge in [0.1, 0.15) is 6.54 Å². The molecule has 8 nitrogen and oxygen atoms in total. The summed E-state index contributed by atoms with van der Waals surface area (Å²) in [5.41, 5.74) is 2.74. The second-order valence-corrected chi connectivity index (χ2v) is 7.56. The van der Waals surface area contributed by atoms with Crippen LogP contribution < -0.4 is 10.5 Å². The zero-order valence-corrected chi connectivity index (χ0v) is 16.0. The highest BCUT2D eigenvalue weighted by Crippen LogP contribution is 2.23. The van der Waals surface area contributed by atoms with E-state index in [1.807, 2.05) is 23.4 Å². The van der Waals surface area contributed by atoms with Crippen LogP contribution >= 0.6 is 0 Å². The first kappa shape index (κ1) is 17.8. The Morgan fingerprint density at radius 1 is 1.19 bits per heavy atom. The van der Waals surface area contributed by atoms with Gasteiger partial charge in [-0.05, 0) is 39.2 Å². The largest absolute Gasteiger partial charge is 0.370 e. The molecule has 4 rings (SSSR count). The molecular formula is C19H26N6O2. The van der Waals surface area contributed by atoms with Gasteiger partial charge in [-0.15, -0.1) is 0 Å². The quantitative estimate of drug-likeness (QED) is 0.806. The molecule has 2 aliphatic heterocycles.